The van der Waals surface area contributed by atoms with Gasteiger partial charge < -0.3 is 12.5 Å². The molecule has 1 unspecified atom stereocenters. The van der Waals surface area contributed by atoms with Gasteiger partial charge in [0, 0.05) is 0 Å². The quantitative estimate of drug-likeness (QED) is 0.261. The van der Waals surface area contributed by atoms with Crippen LogP contribution >= 0.6 is 0 Å². The Morgan fingerprint density at radius 3 is 1.18 bits per heavy atom. The van der Waals surface area contributed by atoms with Crippen molar-refractivity contribution in [1.82, 2.24) is 0 Å². The minimum absolute atomic E-state index is 0. The van der Waals surface area contributed by atoms with Crippen molar-refractivity contribution in [2.24, 2.45) is 0 Å². The molecule has 1 atom stereocenters. The molecule has 0 radical (unpaired) electrons. The molecule has 0 aliphatic rings. The predicted molar refractivity (Wildman–Crippen MR) is 33.5 cm³/mol. The summed E-state index contributed by atoms with van der Waals surface area (Å²) in [7, 11) is 0. The summed E-state index contributed by atoms with van der Waals surface area (Å²) in [5, 5.41) is 7.59. The van der Waals surface area contributed by atoms with Crippen LogP contribution in [0.2, 0.25) is 0 Å². The molecule has 0 aromatic rings. The van der Waals surface area contributed by atoms with Gasteiger partial charge in [0.15, 0.2) is 11.1 Å². The van der Waals surface area contributed by atoms with Crippen molar-refractivity contribution in [1.29, 1.82) is 0 Å². The minimum atomic E-state index is -2.61. The van der Waals surface area contributed by atoms with Crippen molar-refractivity contribution in [3.8, 4) is 0 Å². The number of aliphatic hydroxyl groups excluding tert-OH is 1. The molecule has 62 valence electrons. The number of aliphatic hydroxyl groups is 1. The minimum Gasteiger partial charge on any atom is -1.00 e. The van der Waals surface area contributed by atoms with Gasteiger partial charge in [-0.05, 0) is 0 Å². The van der Waals surface area contributed by atoms with Crippen molar-refractivity contribution >= 4 is 22.4 Å². The van der Waals surface area contributed by atoms with E-state index in [2.05, 4.69) is 0 Å². The van der Waals surface area contributed by atoms with Crippen LogP contribution in [0.3, 0.4) is 0 Å². The van der Waals surface area contributed by atoms with Gasteiger partial charge in [-0.25, -0.2) is 4.21 Å². The van der Waals surface area contributed by atoms with E-state index < -0.39 is 28.4 Å². The fraction of sp³-hybridized carbons (Fsp3) is 1.00. The summed E-state index contributed by atoms with van der Waals surface area (Å²) in [6.45, 7) is 0. The fourth-order valence-corrected chi connectivity index (χ4v) is 0. The first-order chi connectivity index (χ1) is 4.00. The van der Waals surface area contributed by atoms with E-state index >= 15 is 0 Å². The summed E-state index contributed by atoms with van der Waals surface area (Å²) in [5.74, 6) is -0.667. The molecule has 0 aliphatic carbocycles. The molecular formula is CH8Na2O6S2. The summed E-state index contributed by atoms with van der Waals surface area (Å²) in [5.41, 5.74) is 0. The fourth-order valence-electron chi connectivity index (χ4n) is 0. The molecule has 0 fully saturated rings. The smallest absolute Gasteiger partial charge is 1.00 e. The first-order valence-corrected chi connectivity index (χ1v) is 3.83. The van der Waals surface area contributed by atoms with Gasteiger partial charge >= 0.3 is 59.1 Å². The second kappa shape index (κ2) is 18.0. The van der Waals surface area contributed by atoms with Crippen molar-refractivity contribution in [3.05, 3.63) is 0 Å². The first-order valence-electron chi connectivity index (χ1n) is 1.49. The zero-order valence-corrected chi connectivity index (χ0v) is 11.8. The van der Waals surface area contributed by atoms with Crippen LogP contribution < -0.4 is 59.1 Å². The Kier molecular flexibility index (Phi) is 38.0. The van der Waals surface area contributed by atoms with Gasteiger partial charge in [0.25, 0.3) is 11.4 Å². The van der Waals surface area contributed by atoms with Crippen molar-refractivity contribution in [2.75, 3.05) is 5.94 Å². The zero-order chi connectivity index (χ0) is 7.86. The Bertz CT molecular complexity index is 111. The molecule has 11 heavy (non-hydrogen) atoms. The van der Waals surface area contributed by atoms with E-state index in [9.17, 15) is 4.21 Å². The second-order valence-electron chi connectivity index (χ2n) is 0.681. The van der Waals surface area contributed by atoms with E-state index in [0.717, 1.165) is 0 Å². The summed E-state index contributed by atoms with van der Waals surface area (Å²) in [6.07, 6.45) is 0. The van der Waals surface area contributed by atoms with Crippen LogP contribution in [0.1, 0.15) is 2.85 Å². The van der Waals surface area contributed by atoms with E-state index in [-0.39, 0.29) is 62.0 Å². The van der Waals surface area contributed by atoms with Crippen LogP contribution in [-0.2, 0) is 22.4 Å². The Balaban J connectivity index is -0.0000000146. The average molecular weight is 226 g/mol. The Morgan fingerprint density at radius 1 is 1.09 bits per heavy atom. The van der Waals surface area contributed by atoms with Crippen LogP contribution in [0.15, 0.2) is 0 Å². The molecular weight excluding hydrogens is 218 g/mol. The van der Waals surface area contributed by atoms with Crippen LogP contribution in [0.25, 0.3) is 0 Å². The molecule has 6 nitrogen and oxygen atoms in total. The summed E-state index contributed by atoms with van der Waals surface area (Å²) >= 11 is -4.63. The van der Waals surface area contributed by atoms with E-state index in [1.165, 1.54) is 0 Å². The molecule has 10 heteroatoms. The molecule has 0 spiro atoms. The van der Waals surface area contributed by atoms with Gasteiger partial charge in [0.2, 0.25) is 0 Å². The van der Waals surface area contributed by atoms with E-state index in [4.69, 9.17) is 23.0 Å². The molecule has 0 amide bonds. The van der Waals surface area contributed by atoms with Crippen molar-refractivity contribution < 1.29 is 89.2 Å². The predicted octanol–water partition coefficient (Wildman–Crippen LogP) is -6.93. The number of rotatable bonds is 1. The molecule has 0 aromatic heterocycles. The topological polar surface area (TPSA) is 115 Å². The zero-order valence-electron chi connectivity index (χ0n) is 8.13. The summed E-state index contributed by atoms with van der Waals surface area (Å²) < 4.78 is 39.6. The van der Waals surface area contributed by atoms with Crippen LogP contribution in [0.5, 0.6) is 0 Å². The Hall–Kier alpha value is 2.14. The van der Waals surface area contributed by atoms with Gasteiger partial charge in [-0.2, -0.15) is 4.21 Å². The third kappa shape index (κ3) is 72.8. The van der Waals surface area contributed by atoms with E-state index in [1.807, 2.05) is 0 Å². The first kappa shape index (κ1) is 23.2. The third-order valence-electron chi connectivity index (χ3n) is 0.110. The van der Waals surface area contributed by atoms with E-state index in [0.29, 0.717) is 0 Å². The largest absolute Gasteiger partial charge is 1.00 e. The Labute approximate surface area is 116 Å². The van der Waals surface area contributed by atoms with Gasteiger partial charge in [-0.15, -0.1) is 0 Å². The van der Waals surface area contributed by atoms with Crippen molar-refractivity contribution in [3.63, 3.8) is 0 Å². The van der Waals surface area contributed by atoms with Gasteiger partial charge in [-0.3, -0.25) is 9.11 Å². The number of hydrogen-bond donors (Lipinski definition) is 4. The monoisotopic (exact) mass is 226 g/mol. The SMILES string of the molecule is O=S(O)CO.O=S(O)O.[H-].[H-].[Na+].[Na+]. The maximum atomic E-state index is 9.23. The molecule has 0 saturated heterocycles. The third-order valence-corrected chi connectivity index (χ3v) is 0.331. The van der Waals surface area contributed by atoms with Crippen LogP contribution in [-0.4, -0.2) is 33.1 Å². The molecule has 0 aromatic carbocycles. The molecule has 0 aliphatic heterocycles. The maximum absolute atomic E-state index is 9.23. The van der Waals surface area contributed by atoms with Crippen LogP contribution in [0.4, 0.5) is 0 Å². The molecule has 0 bridgehead atoms. The standard InChI is InChI=1S/CH4O3S.2Na.H2O3S.2H/c2-1-5(3)4;;;1-4(2)3;;/h2H,1H2,(H,3,4);;;(H2,1,2,3);;/q;2*+1;;2*-1. The molecule has 4 N–H and O–H groups in total. The van der Waals surface area contributed by atoms with Gasteiger partial charge in [0.05, 0.1) is 0 Å². The molecule has 0 heterocycles. The second-order valence-corrected chi connectivity index (χ2v) is 2.04. The van der Waals surface area contributed by atoms with E-state index in [1.54, 1.807) is 0 Å². The van der Waals surface area contributed by atoms with Crippen LogP contribution in [0, 0.1) is 0 Å². The summed E-state index contributed by atoms with van der Waals surface area (Å²) in [4.78, 5) is 0. The maximum Gasteiger partial charge on any atom is 1.00 e. The number of hydrogen-bond acceptors (Lipinski definition) is 3. The molecule has 0 rings (SSSR count). The summed E-state index contributed by atoms with van der Waals surface area (Å²) in [6, 6.07) is 0. The van der Waals surface area contributed by atoms with Gasteiger partial charge in [0.1, 0.15) is 5.94 Å². The Morgan fingerprint density at radius 2 is 1.18 bits per heavy atom. The van der Waals surface area contributed by atoms with Gasteiger partial charge in [-0.1, -0.05) is 0 Å². The van der Waals surface area contributed by atoms with Crippen molar-refractivity contribution in [2.45, 2.75) is 0 Å². The molecule has 0 saturated carbocycles. The average Bonchev–Trinajstić information content (AvgIpc) is 1.65. The normalized spacial score (nSPS) is 9.91.